The second-order valence-corrected chi connectivity index (χ2v) is 5.65. The molecule has 1 heterocycles. The molecule has 1 fully saturated rings. The van der Waals surface area contributed by atoms with Crippen molar-refractivity contribution in [2.24, 2.45) is 0 Å². The van der Waals surface area contributed by atoms with Gasteiger partial charge in [0.25, 0.3) is 0 Å². The van der Waals surface area contributed by atoms with Gasteiger partial charge >= 0.3 is 0 Å². The van der Waals surface area contributed by atoms with E-state index in [9.17, 15) is 0 Å². The van der Waals surface area contributed by atoms with E-state index in [0.717, 1.165) is 29.3 Å². The third-order valence-electron chi connectivity index (χ3n) is 3.13. The molecule has 16 heavy (non-hydrogen) atoms. The van der Waals surface area contributed by atoms with E-state index in [1.54, 1.807) is 6.26 Å². The smallest absolute Gasteiger partial charge is 0.113 e. The van der Waals surface area contributed by atoms with Gasteiger partial charge in [-0.05, 0) is 37.9 Å². The van der Waals surface area contributed by atoms with Gasteiger partial charge < -0.3 is 9.73 Å². The molecule has 3 heteroatoms. The summed E-state index contributed by atoms with van der Waals surface area (Å²) in [4.78, 5) is 0. The average Bonchev–Trinajstić information content (AvgIpc) is 2.94. The van der Waals surface area contributed by atoms with Gasteiger partial charge in [-0.25, -0.2) is 0 Å². The molecule has 0 radical (unpaired) electrons. The van der Waals surface area contributed by atoms with Crippen LogP contribution >= 0.6 is 11.8 Å². The number of hydrogen-bond acceptors (Lipinski definition) is 3. The zero-order valence-electron chi connectivity index (χ0n) is 9.95. The maximum Gasteiger partial charge on any atom is 0.113 e. The van der Waals surface area contributed by atoms with E-state index in [1.807, 2.05) is 17.8 Å². The Kier molecular flexibility index (Phi) is 4.79. The van der Waals surface area contributed by atoms with Crippen molar-refractivity contribution in [3.8, 4) is 0 Å². The highest BCUT2D eigenvalue weighted by Crippen LogP contribution is 2.32. The summed E-state index contributed by atoms with van der Waals surface area (Å²) in [7, 11) is 0. The average molecular weight is 239 g/mol. The lowest BCUT2D eigenvalue weighted by Gasteiger charge is -2.19. The summed E-state index contributed by atoms with van der Waals surface area (Å²) in [5.74, 6) is 2.12. The zero-order chi connectivity index (χ0) is 11.2. The van der Waals surface area contributed by atoms with E-state index in [-0.39, 0.29) is 0 Å². The van der Waals surface area contributed by atoms with Crippen molar-refractivity contribution in [2.45, 2.75) is 49.7 Å². The number of rotatable bonds is 6. The van der Waals surface area contributed by atoms with Gasteiger partial charge in [-0.1, -0.05) is 13.3 Å². The molecule has 2 unspecified atom stereocenters. The number of hydrogen-bond donors (Lipinski definition) is 1. The largest absolute Gasteiger partial charge is 0.468 e. The van der Waals surface area contributed by atoms with E-state index >= 15 is 0 Å². The highest BCUT2D eigenvalue weighted by Gasteiger charge is 2.26. The summed E-state index contributed by atoms with van der Waals surface area (Å²) in [6, 6.07) is 4.76. The van der Waals surface area contributed by atoms with Crippen molar-refractivity contribution < 1.29 is 4.42 Å². The van der Waals surface area contributed by atoms with Gasteiger partial charge in [0.2, 0.25) is 0 Å². The van der Waals surface area contributed by atoms with Crippen LogP contribution in [0.2, 0.25) is 0 Å². The Morgan fingerprint density at radius 2 is 2.44 bits per heavy atom. The topological polar surface area (TPSA) is 25.2 Å². The normalized spacial score (nSPS) is 25.1. The second-order valence-electron chi connectivity index (χ2n) is 4.42. The van der Waals surface area contributed by atoms with Crippen molar-refractivity contribution in [2.75, 3.05) is 6.54 Å². The van der Waals surface area contributed by atoms with Crippen molar-refractivity contribution in [3.05, 3.63) is 24.2 Å². The van der Waals surface area contributed by atoms with Crippen LogP contribution in [0.1, 0.15) is 38.4 Å². The Morgan fingerprint density at radius 3 is 3.19 bits per heavy atom. The Bertz CT molecular complexity index is 286. The minimum absolute atomic E-state index is 0.722. The lowest BCUT2D eigenvalue weighted by molar-refractivity contribution is 0.523. The first-order valence-electron chi connectivity index (χ1n) is 6.27. The molecule has 2 rings (SSSR count). The third kappa shape index (κ3) is 3.29. The lowest BCUT2D eigenvalue weighted by atomic mass is 10.2. The molecule has 1 saturated carbocycles. The molecular weight excluding hydrogens is 218 g/mol. The van der Waals surface area contributed by atoms with Crippen LogP contribution in [0.4, 0.5) is 0 Å². The summed E-state index contributed by atoms with van der Waals surface area (Å²) in [5, 5.41) is 4.43. The maximum atomic E-state index is 5.37. The Balaban J connectivity index is 1.75. The van der Waals surface area contributed by atoms with E-state index in [0.29, 0.717) is 0 Å². The Labute approximate surface area is 102 Å². The molecule has 2 nitrogen and oxygen atoms in total. The van der Waals surface area contributed by atoms with Gasteiger partial charge in [0.05, 0.1) is 12.0 Å². The third-order valence-corrected chi connectivity index (χ3v) is 4.57. The molecule has 1 N–H and O–H groups in total. The van der Waals surface area contributed by atoms with Crippen LogP contribution in [-0.4, -0.2) is 17.8 Å². The SMILES string of the molecule is CCCNC1CCCC1SCc1ccco1. The molecule has 0 aromatic carbocycles. The Hall–Kier alpha value is -0.410. The van der Waals surface area contributed by atoms with Gasteiger partial charge in [-0.2, -0.15) is 0 Å². The fraction of sp³-hybridized carbons (Fsp3) is 0.692. The second kappa shape index (κ2) is 6.36. The molecule has 1 aliphatic rings. The molecule has 2 atom stereocenters. The van der Waals surface area contributed by atoms with Crippen molar-refractivity contribution >= 4 is 11.8 Å². The molecular formula is C13H21NOS. The summed E-state index contributed by atoms with van der Waals surface area (Å²) in [6.45, 7) is 3.38. The minimum Gasteiger partial charge on any atom is -0.468 e. The van der Waals surface area contributed by atoms with Gasteiger partial charge in [0, 0.05) is 11.3 Å². The number of nitrogens with one attached hydrogen (secondary N) is 1. The van der Waals surface area contributed by atoms with E-state index in [1.165, 1.54) is 25.7 Å². The number of thioether (sulfide) groups is 1. The van der Waals surface area contributed by atoms with Crippen LogP contribution < -0.4 is 5.32 Å². The summed E-state index contributed by atoms with van der Waals surface area (Å²) in [6.07, 6.45) is 7.06. The molecule has 1 aromatic rings. The van der Waals surface area contributed by atoms with Gasteiger partial charge in [-0.15, -0.1) is 11.8 Å². The fourth-order valence-corrected chi connectivity index (χ4v) is 3.61. The molecule has 0 spiro atoms. The predicted molar refractivity (Wildman–Crippen MR) is 69.7 cm³/mol. The first-order chi connectivity index (χ1) is 7.90. The van der Waals surface area contributed by atoms with Crippen LogP contribution in [0, 0.1) is 0 Å². The molecule has 0 saturated heterocycles. The molecule has 1 aromatic heterocycles. The van der Waals surface area contributed by atoms with E-state index < -0.39 is 0 Å². The molecule has 0 bridgehead atoms. The zero-order valence-corrected chi connectivity index (χ0v) is 10.8. The molecule has 0 aliphatic heterocycles. The molecule has 90 valence electrons. The summed E-state index contributed by atoms with van der Waals surface area (Å²) < 4.78 is 5.37. The van der Waals surface area contributed by atoms with Gasteiger partial charge in [0.15, 0.2) is 0 Å². The summed E-state index contributed by atoms with van der Waals surface area (Å²) >= 11 is 2.04. The van der Waals surface area contributed by atoms with Crippen molar-refractivity contribution in [1.29, 1.82) is 0 Å². The minimum atomic E-state index is 0.722. The van der Waals surface area contributed by atoms with Crippen LogP contribution in [-0.2, 0) is 5.75 Å². The highest BCUT2D eigenvalue weighted by atomic mass is 32.2. The number of furan rings is 1. The van der Waals surface area contributed by atoms with Gasteiger partial charge in [0.1, 0.15) is 5.76 Å². The quantitative estimate of drug-likeness (QED) is 0.823. The van der Waals surface area contributed by atoms with Crippen LogP contribution in [0.3, 0.4) is 0 Å². The summed E-state index contributed by atoms with van der Waals surface area (Å²) in [5.41, 5.74) is 0. The Morgan fingerprint density at radius 1 is 1.50 bits per heavy atom. The highest BCUT2D eigenvalue weighted by molar-refractivity contribution is 7.99. The van der Waals surface area contributed by atoms with Crippen LogP contribution in [0.5, 0.6) is 0 Å². The standard InChI is InChI=1S/C13H21NOS/c1-2-8-14-12-6-3-7-13(12)16-10-11-5-4-9-15-11/h4-5,9,12-14H,2-3,6-8,10H2,1H3. The monoisotopic (exact) mass is 239 g/mol. The van der Waals surface area contributed by atoms with Crippen molar-refractivity contribution in [1.82, 2.24) is 5.32 Å². The van der Waals surface area contributed by atoms with Gasteiger partial charge in [-0.3, -0.25) is 0 Å². The van der Waals surface area contributed by atoms with Crippen LogP contribution in [0.15, 0.2) is 22.8 Å². The molecule has 1 aliphatic carbocycles. The predicted octanol–water partition coefficient (Wildman–Crippen LogP) is 3.43. The van der Waals surface area contributed by atoms with E-state index in [4.69, 9.17) is 4.42 Å². The first-order valence-corrected chi connectivity index (χ1v) is 7.32. The van der Waals surface area contributed by atoms with Crippen LogP contribution in [0.25, 0.3) is 0 Å². The molecule has 0 amide bonds. The van der Waals surface area contributed by atoms with E-state index in [2.05, 4.69) is 18.3 Å². The maximum absolute atomic E-state index is 5.37. The fourth-order valence-electron chi connectivity index (χ4n) is 2.27. The lowest BCUT2D eigenvalue weighted by Crippen LogP contribution is -2.34. The first kappa shape index (κ1) is 12.1. The van der Waals surface area contributed by atoms with Crippen molar-refractivity contribution in [3.63, 3.8) is 0 Å².